The number of hydrogen-bond donors (Lipinski definition) is 2. The van der Waals surface area contributed by atoms with Gasteiger partial charge in [-0.25, -0.2) is 0 Å². The molecule has 1 amide bonds. The molecule has 2 rings (SSSR count). The van der Waals surface area contributed by atoms with Crippen LogP contribution in [0.5, 0.6) is 11.5 Å². The molecule has 2 aromatic rings. The molecule has 2 aromatic carbocycles. The van der Waals surface area contributed by atoms with Gasteiger partial charge in [0, 0.05) is 12.6 Å². The number of benzene rings is 2. The molecule has 5 nitrogen and oxygen atoms in total. The fraction of sp³-hybridized carbons (Fsp3) is 0.278. The van der Waals surface area contributed by atoms with Gasteiger partial charge in [-0.05, 0) is 36.6 Å². The zero-order valence-corrected chi connectivity index (χ0v) is 15.7. The molecular formula is C18H22Cl2N2O3. The number of amides is 1. The number of carbonyl (C=O) groups excluding carboxylic acids is 1. The Bertz CT molecular complexity index is 723. The summed E-state index contributed by atoms with van der Waals surface area (Å²) >= 11 is 5.98. The van der Waals surface area contributed by atoms with Gasteiger partial charge in [-0.15, -0.1) is 12.4 Å². The highest BCUT2D eigenvalue weighted by Gasteiger charge is 2.14. The fourth-order valence-electron chi connectivity index (χ4n) is 2.33. The Morgan fingerprint density at radius 2 is 1.96 bits per heavy atom. The number of aryl methyl sites for hydroxylation is 1. The number of carbonyl (C=O) groups is 1. The highest BCUT2D eigenvalue weighted by Crippen LogP contribution is 2.28. The summed E-state index contributed by atoms with van der Waals surface area (Å²) in [5, 5.41) is 3.20. The van der Waals surface area contributed by atoms with Gasteiger partial charge >= 0.3 is 0 Å². The summed E-state index contributed by atoms with van der Waals surface area (Å²) < 4.78 is 10.4. The summed E-state index contributed by atoms with van der Waals surface area (Å²) in [6.07, 6.45) is 1.65. The number of rotatable bonds is 7. The van der Waals surface area contributed by atoms with Crippen molar-refractivity contribution < 1.29 is 14.3 Å². The smallest absolute Gasteiger partial charge is 0.255 e. The largest absolute Gasteiger partial charge is 0.497 e. The summed E-state index contributed by atoms with van der Waals surface area (Å²) in [5.41, 5.74) is 7.64. The van der Waals surface area contributed by atoms with E-state index < -0.39 is 0 Å². The molecule has 25 heavy (non-hydrogen) atoms. The molecule has 0 heterocycles. The third-order valence-electron chi connectivity index (χ3n) is 3.63. The minimum atomic E-state index is -0.237. The lowest BCUT2D eigenvalue weighted by atomic mass is 10.1. The van der Waals surface area contributed by atoms with Crippen molar-refractivity contribution in [3.8, 4) is 11.5 Å². The maximum absolute atomic E-state index is 12.3. The molecule has 0 spiro atoms. The van der Waals surface area contributed by atoms with E-state index in [1.807, 2.05) is 24.3 Å². The second kappa shape index (κ2) is 10.0. The summed E-state index contributed by atoms with van der Waals surface area (Å²) in [7, 11) is 3.13. The highest BCUT2D eigenvalue weighted by molar-refractivity contribution is 6.33. The predicted molar refractivity (Wildman–Crippen MR) is 103 cm³/mol. The molecular weight excluding hydrogens is 363 g/mol. The molecule has 0 saturated carbocycles. The summed E-state index contributed by atoms with van der Waals surface area (Å²) in [6, 6.07) is 11.0. The lowest BCUT2D eigenvalue weighted by molar-refractivity contribution is 0.0950. The van der Waals surface area contributed by atoms with E-state index in [0.29, 0.717) is 28.6 Å². The van der Waals surface area contributed by atoms with Gasteiger partial charge in [0.15, 0.2) is 0 Å². The molecule has 0 aliphatic carbocycles. The fourth-order valence-corrected chi connectivity index (χ4v) is 2.50. The van der Waals surface area contributed by atoms with E-state index in [2.05, 4.69) is 5.32 Å². The highest BCUT2D eigenvalue weighted by atomic mass is 35.5. The van der Waals surface area contributed by atoms with Gasteiger partial charge in [-0.1, -0.05) is 23.7 Å². The van der Waals surface area contributed by atoms with Crippen molar-refractivity contribution in [1.82, 2.24) is 5.32 Å². The van der Waals surface area contributed by atoms with Crippen LogP contribution in [0.4, 0.5) is 5.69 Å². The molecule has 0 bridgehead atoms. The number of ether oxygens (including phenoxy) is 2. The van der Waals surface area contributed by atoms with Crippen LogP contribution in [0.25, 0.3) is 0 Å². The zero-order chi connectivity index (χ0) is 17.5. The van der Waals surface area contributed by atoms with Crippen molar-refractivity contribution in [3.05, 3.63) is 52.5 Å². The van der Waals surface area contributed by atoms with Gasteiger partial charge in [0.25, 0.3) is 5.91 Å². The molecule has 0 unspecified atom stereocenters. The van der Waals surface area contributed by atoms with Crippen molar-refractivity contribution in [2.75, 3.05) is 26.5 Å². The van der Waals surface area contributed by atoms with Crippen molar-refractivity contribution in [1.29, 1.82) is 0 Å². The van der Waals surface area contributed by atoms with Crippen molar-refractivity contribution in [3.63, 3.8) is 0 Å². The first-order valence-corrected chi connectivity index (χ1v) is 7.97. The van der Waals surface area contributed by atoms with E-state index in [0.717, 1.165) is 24.2 Å². The lowest BCUT2D eigenvalue weighted by Crippen LogP contribution is -2.25. The average molecular weight is 385 g/mol. The molecule has 0 atom stereocenters. The standard InChI is InChI=1S/C18H21ClN2O3.ClH/c1-23-13-7-3-5-12(9-13)6-4-8-21-18(22)14-10-15(19)16(20)11-17(14)24-2;/h3,5,7,9-11H,4,6,8,20H2,1-2H3,(H,21,22);1H. The van der Waals surface area contributed by atoms with E-state index in [4.69, 9.17) is 26.8 Å². The molecule has 3 N–H and O–H groups in total. The summed E-state index contributed by atoms with van der Waals surface area (Å²) in [4.78, 5) is 12.3. The Balaban J connectivity index is 0.00000312. The maximum atomic E-state index is 12.3. The van der Waals surface area contributed by atoms with Gasteiger partial charge < -0.3 is 20.5 Å². The van der Waals surface area contributed by atoms with Gasteiger partial charge in [0.2, 0.25) is 0 Å². The zero-order valence-electron chi connectivity index (χ0n) is 14.2. The molecule has 0 aliphatic rings. The van der Waals surface area contributed by atoms with E-state index in [1.165, 1.54) is 13.2 Å². The van der Waals surface area contributed by atoms with E-state index in [1.54, 1.807) is 13.2 Å². The van der Waals surface area contributed by atoms with Gasteiger partial charge in [0.1, 0.15) is 11.5 Å². The maximum Gasteiger partial charge on any atom is 0.255 e. The van der Waals surface area contributed by atoms with Crippen LogP contribution in [-0.4, -0.2) is 26.7 Å². The Morgan fingerprint density at radius 1 is 1.20 bits per heavy atom. The number of nitrogen functional groups attached to an aromatic ring is 1. The molecule has 0 saturated heterocycles. The lowest BCUT2D eigenvalue weighted by Gasteiger charge is -2.11. The molecule has 0 aliphatic heterocycles. The predicted octanol–water partition coefficient (Wildman–Crippen LogP) is 3.72. The number of hydrogen-bond acceptors (Lipinski definition) is 4. The van der Waals surface area contributed by atoms with Gasteiger partial charge in [-0.3, -0.25) is 4.79 Å². The van der Waals surface area contributed by atoms with Crippen molar-refractivity contribution in [2.45, 2.75) is 12.8 Å². The van der Waals surface area contributed by atoms with Crippen LogP contribution >= 0.6 is 24.0 Å². The number of nitrogens with one attached hydrogen (secondary N) is 1. The minimum absolute atomic E-state index is 0. The first kappa shape index (κ1) is 20.9. The van der Waals surface area contributed by atoms with E-state index >= 15 is 0 Å². The molecule has 7 heteroatoms. The van der Waals surface area contributed by atoms with Crippen LogP contribution in [0.3, 0.4) is 0 Å². The third-order valence-corrected chi connectivity index (χ3v) is 3.95. The topological polar surface area (TPSA) is 73.6 Å². The summed E-state index contributed by atoms with van der Waals surface area (Å²) in [5.74, 6) is 0.999. The van der Waals surface area contributed by atoms with Crippen LogP contribution in [-0.2, 0) is 6.42 Å². The molecule has 136 valence electrons. The SMILES string of the molecule is COc1cccc(CCCNC(=O)c2cc(Cl)c(N)cc2OC)c1.Cl. The second-order valence-corrected chi connectivity index (χ2v) is 5.69. The van der Waals surface area contributed by atoms with Crippen LogP contribution in [0, 0.1) is 0 Å². The number of methoxy groups -OCH3 is 2. The Morgan fingerprint density at radius 3 is 2.64 bits per heavy atom. The molecule has 0 fully saturated rings. The van der Waals surface area contributed by atoms with Crippen LogP contribution in [0.1, 0.15) is 22.3 Å². The van der Waals surface area contributed by atoms with Crippen molar-refractivity contribution >= 4 is 35.6 Å². The second-order valence-electron chi connectivity index (χ2n) is 5.28. The number of halogens is 2. The Hall–Kier alpha value is -2.11. The normalized spacial score (nSPS) is 9.88. The number of anilines is 1. The summed E-state index contributed by atoms with van der Waals surface area (Å²) in [6.45, 7) is 0.543. The van der Waals surface area contributed by atoms with Gasteiger partial charge in [-0.2, -0.15) is 0 Å². The first-order chi connectivity index (χ1) is 11.5. The van der Waals surface area contributed by atoms with Crippen molar-refractivity contribution in [2.24, 2.45) is 0 Å². The quantitative estimate of drug-likeness (QED) is 0.563. The minimum Gasteiger partial charge on any atom is -0.497 e. The van der Waals surface area contributed by atoms with Crippen LogP contribution < -0.4 is 20.5 Å². The van der Waals surface area contributed by atoms with Crippen LogP contribution in [0.2, 0.25) is 5.02 Å². The van der Waals surface area contributed by atoms with E-state index in [-0.39, 0.29) is 18.3 Å². The van der Waals surface area contributed by atoms with Crippen LogP contribution in [0.15, 0.2) is 36.4 Å². The molecule has 0 aromatic heterocycles. The third kappa shape index (κ3) is 5.73. The number of nitrogens with two attached hydrogens (primary N) is 1. The monoisotopic (exact) mass is 384 g/mol. The average Bonchev–Trinajstić information content (AvgIpc) is 2.60. The Labute approximate surface area is 158 Å². The van der Waals surface area contributed by atoms with Gasteiger partial charge in [0.05, 0.1) is 30.5 Å². The van der Waals surface area contributed by atoms with E-state index in [9.17, 15) is 4.79 Å². The Kier molecular flexibility index (Phi) is 8.38. The first-order valence-electron chi connectivity index (χ1n) is 7.59. The molecule has 0 radical (unpaired) electrons.